The number of fused-ring (bicyclic) bond motifs is 2. The Morgan fingerprint density at radius 3 is 2.33 bits per heavy atom. The molecule has 24 heavy (non-hydrogen) atoms. The van der Waals surface area contributed by atoms with Crippen LogP contribution in [-0.2, 0) is 14.6 Å². The molecule has 2 saturated heterocycles. The molecule has 0 saturated carbocycles. The molecular weight excluding hydrogens is 326 g/mol. The number of aromatic nitrogens is 1. The van der Waals surface area contributed by atoms with Gasteiger partial charge in [-0.1, -0.05) is 13.8 Å². The first kappa shape index (κ1) is 17.2. The highest BCUT2D eigenvalue weighted by Crippen LogP contribution is 2.38. The third-order valence-electron chi connectivity index (χ3n) is 5.02. The lowest BCUT2D eigenvalue weighted by atomic mass is 9.96. The lowest BCUT2D eigenvalue weighted by molar-refractivity contribution is -0.124. The molecule has 132 valence electrons. The molecule has 0 spiro atoms. The highest BCUT2D eigenvalue weighted by atomic mass is 32.2. The number of carbonyl (C=O) groups excluding carboxylic acids is 1. The van der Waals surface area contributed by atoms with Crippen molar-refractivity contribution in [3.8, 4) is 0 Å². The van der Waals surface area contributed by atoms with E-state index in [1.54, 1.807) is 12.1 Å². The van der Waals surface area contributed by atoms with Crippen LogP contribution >= 0.6 is 0 Å². The standard InChI is InChI=1S/C17H25N3O3S/c1-11(2)17(21)19-12-8-13-4-5-14(9-12)20(13)16-7-6-15(10-18-16)24(3,22)23/h6-7,10-14H,4-5,8-9H2,1-3H3,(H,19,21). The molecule has 2 bridgehead atoms. The zero-order valence-electron chi connectivity index (χ0n) is 14.4. The number of nitrogens with zero attached hydrogens (tertiary/aromatic N) is 2. The number of rotatable bonds is 4. The molecule has 0 aromatic carbocycles. The quantitative estimate of drug-likeness (QED) is 0.894. The first-order valence-corrected chi connectivity index (χ1v) is 10.4. The molecule has 1 N–H and O–H groups in total. The van der Waals surface area contributed by atoms with Gasteiger partial charge in [0.25, 0.3) is 0 Å². The first-order valence-electron chi connectivity index (χ1n) is 8.50. The fraction of sp³-hybridized carbons (Fsp3) is 0.647. The van der Waals surface area contributed by atoms with Crippen LogP contribution in [0.15, 0.2) is 23.2 Å². The monoisotopic (exact) mass is 351 g/mol. The average Bonchev–Trinajstić information content (AvgIpc) is 2.77. The van der Waals surface area contributed by atoms with Crippen LogP contribution in [0.4, 0.5) is 5.82 Å². The van der Waals surface area contributed by atoms with Gasteiger partial charge in [-0.25, -0.2) is 13.4 Å². The van der Waals surface area contributed by atoms with E-state index in [1.807, 2.05) is 13.8 Å². The molecule has 0 radical (unpaired) electrons. The van der Waals surface area contributed by atoms with Gasteiger partial charge in [-0.15, -0.1) is 0 Å². The first-order chi connectivity index (χ1) is 11.3. The van der Waals surface area contributed by atoms with Crippen LogP contribution < -0.4 is 10.2 Å². The minimum Gasteiger partial charge on any atom is -0.353 e. The van der Waals surface area contributed by atoms with E-state index in [0.29, 0.717) is 12.1 Å². The van der Waals surface area contributed by atoms with Gasteiger partial charge in [0.2, 0.25) is 5.91 Å². The predicted octanol–water partition coefficient (Wildman–Crippen LogP) is 1.76. The van der Waals surface area contributed by atoms with E-state index in [1.165, 1.54) is 12.5 Å². The molecule has 7 heteroatoms. The van der Waals surface area contributed by atoms with Crippen molar-refractivity contribution in [2.24, 2.45) is 5.92 Å². The van der Waals surface area contributed by atoms with E-state index in [-0.39, 0.29) is 22.8 Å². The van der Waals surface area contributed by atoms with Crippen molar-refractivity contribution in [2.45, 2.75) is 62.6 Å². The normalized spacial score (nSPS) is 26.7. The summed E-state index contributed by atoms with van der Waals surface area (Å²) in [5.41, 5.74) is 0. The topological polar surface area (TPSA) is 79.4 Å². The van der Waals surface area contributed by atoms with Crippen molar-refractivity contribution in [3.05, 3.63) is 18.3 Å². The maximum atomic E-state index is 11.9. The van der Waals surface area contributed by atoms with Gasteiger partial charge in [0.1, 0.15) is 5.82 Å². The molecule has 3 rings (SSSR count). The number of carbonyl (C=O) groups is 1. The third-order valence-corrected chi connectivity index (χ3v) is 6.12. The maximum absolute atomic E-state index is 11.9. The average molecular weight is 351 g/mol. The van der Waals surface area contributed by atoms with Gasteiger partial charge in [0, 0.05) is 36.5 Å². The number of nitrogens with one attached hydrogen (secondary N) is 1. The van der Waals surface area contributed by atoms with E-state index >= 15 is 0 Å². The summed E-state index contributed by atoms with van der Waals surface area (Å²) in [7, 11) is -3.22. The second kappa shape index (κ2) is 6.35. The molecule has 1 aromatic heterocycles. The summed E-state index contributed by atoms with van der Waals surface area (Å²) >= 11 is 0. The van der Waals surface area contributed by atoms with Gasteiger partial charge >= 0.3 is 0 Å². The zero-order chi connectivity index (χ0) is 17.5. The number of anilines is 1. The van der Waals surface area contributed by atoms with Crippen LogP contribution in [0.1, 0.15) is 39.5 Å². The van der Waals surface area contributed by atoms with Gasteiger partial charge in [0.05, 0.1) is 4.90 Å². The van der Waals surface area contributed by atoms with Crippen LogP contribution in [0, 0.1) is 5.92 Å². The minimum atomic E-state index is -3.22. The zero-order valence-corrected chi connectivity index (χ0v) is 15.2. The van der Waals surface area contributed by atoms with Crippen LogP contribution in [0.25, 0.3) is 0 Å². The molecule has 2 aliphatic rings. The summed E-state index contributed by atoms with van der Waals surface area (Å²) in [6.07, 6.45) is 6.66. The Balaban J connectivity index is 1.72. The summed E-state index contributed by atoms with van der Waals surface area (Å²) in [6, 6.07) is 4.37. The second-order valence-electron chi connectivity index (χ2n) is 7.25. The van der Waals surface area contributed by atoms with Gasteiger partial charge in [-0.3, -0.25) is 4.79 Å². The highest BCUT2D eigenvalue weighted by Gasteiger charge is 2.41. The molecule has 1 aromatic rings. The Bertz CT molecular complexity index is 701. The Labute approximate surface area is 143 Å². The van der Waals surface area contributed by atoms with Crippen molar-refractivity contribution in [2.75, 3.05) is 11.2 Å². The number of pyridine rings is 1. The van der Waals surface area contributed by atoms with Crippen molar-refractivity contribution >= 4 is 21.6 Å². The predicted molar refractivity (Wildman–Crippen MR) is 92.6 cm³/mol. The van der Waals surface area contributed by atoms with E-state index in [2.05, 4.69) is 15.2 Å². The fourth-order valence-corrected chi connectivity index (χ4v) is 4.34. The fourth-order valence-electron chi connectivity index (χ4n) is 3.78. The van der Waals surface area contributed by atoms with Crippen LogP contribution in [0.5, 0.6) is 0 Å². The molecule has 2 unspecified atom stereocenters. The Hall–Kier alpha value is -1.63. The Morgan fingerprint density at radius 1 is 1.25 bits per heavy atom. The SMILES string of the molecule is CC(C)C(=O)NC1CC2CCC(C1)N2c1ccc(S(C)(=O)=O)cn1. The van der Waals surface area contributed by atoms with Crippen LogP contribution in [-0.4, -0.2) is 43.7 Å². The summed E-state index contributed by atoms with van der Waals surface area (Å²) < 4.78 is 23.1. The molecule has 2 atom stereocenters. The summed E-state index contributed by atoms with van der Waals surface area (Å²) in [6.45, 7) is 3.82. The maximum Gasteiger partial charge on any atom is 0.222 e. The smallest absolute Gasteiger partial charge is 0.222 e. The number of sulfone groups is 1. The van der Waals surface area contributed by atoms with Crippen molar-refractivity contribution in [1.29, 1.82) is 0 Å². The van der Waals surface area contributed by atoms with Gasteiger partial charge in [-0.05, 0) is 37.8 Å². The van der Waals surface area contributed by atoms with E-state index in [0.717, 1.165) is 31.5 Å². The molecule has 2 aliphatic heterocycles. The summed E-state index contributed by atoms with van der Waals surface area (Å²) in [5, 5.41) is 3.15. The third kappa shape index (κ3) is 3.41. The van der Waals surface area contributed by atoms with E-state index in [9.17, 15) is 13.2 Å². The van der Waals surface area contributed by atoms with Gasteiger partial charge in [0.15, 0.2) is 9.84 Å². The number of hydrogen-bond acceptors (Lipinski definition) is 5. The van der Waals surface area contributed by atoms with E-state index < -0.39 is 9.84 Å². The number of hydrogen-bond donors (Lipinski definition) is 1. The van der Waals surface area contributed by atoms with Crippen LogP contribution in [0.3, 0.4) is 0 Å². The molecule has 0 aliphatic carbocycles. The van der Waals surface area contributed by atoms with Gasteiger partial charge in [-0.2, -0.15) is 0 Å². The van der Waals surface area contributed by atoms with E-state index in [4.69, 9.17) is 0 Å². The second-order valence-corrected chi connectivity index (χ2v) is 9.26. The number of piperidine rings is 1. The van der Waals surface area contributed by atoms with Crippen molar-refractivity contribution in [1.82, 2.24) is 10.3 Å². The number of amides is 1. The minimum absolute atomic E-state index is 0.00545. The molecule has 1 amide bonds. The summed E-state index contributed by atoms with van der Waals surface area (Å²) in [4.78, 5) is 18.9. The lowest BCUT2D eigenvalue weighted by Gasteiger charge is -2.40. The van der Waals surface area contributed by atoms with Crippen molar-refractivity contribution in [3.63, 3.8) is 0 Å². The Kier molecular flexibility index (Phi) is 4.55. The molecule has 3 heterocycles. The highest BCUT2D eigenvalue weighted by molar-refractivity contribution is 7.90. The van der Waals surface area contributed by atoms with Gasteiger partial charge < -0.3 is 10.2 Å². The Morgan fingerprint density at radius 2 is 1.88 bits per heavy atom. The van der Waals surface area contributed by atoms with Crippen LogP contribution in [0.2, 0.25) is 0 Å². The molecule has 6 nitrogen and oxygen atoms in total. The molecular formula is C17H25N3O3S. The molecule has 2 fully saturated rings. The largest absolute Gasteiger partial charge is 0.353 e. The van der Waals surface area contributed by atoms with Crippen molar-refractivity contribution < 1.29 is 13.2 Å². The lowest BCUT2D eigenvalue weighted by Crippen LogP contribution is -2.51. The summed E-state index contributed by atoms with van der Waals surface area (Å²) in [5.74, 6) is 0.956.